The molecule has 2 aromatic heterocycles. The Bertz CT molecular complexity index is 1360. The predicted molar refractivity (Wildman–Crippen MR) is 147 cm³/mol. The molecule has 7 heteroatoms. The van der Waals surface area contributed by atoms with Gasteiger partial charge < -0.3 is 19.1 Å². The summed E-state index contributed by atoms with van der Waals surface area (Å²) in [7, 11) is 4.07. The quantitative estimate of drug-likeness (QED) is 0.363. The number of benzene rings is 2. The van der Waals surface area contributed by atoms with Crippen molar-refractivity contribution in [3.05, 3.63) is 94.9 Å². The molecule has 2 aromatic carbocycles. The summed E-state index contributed by atoms with van der Waals surface area (Å²) in [5.74, 6) is 0.0847. The van der Waals surface area contributed by atoms with E-state index in [1.54, 1.807) is 0 Å². The normalized spacial score (nSPS) is 14.8. The van der Waals surface area contributed by atoms with Crippen molar-refractivity contribution < 1.29 is 4.79 Å². The number of aromatic nitrogens is 2. The summed E-state index contributed by atoms with van der Waals surface area (Å²) in [6, 6.07) is 20.5. The minimum absolute atomic E-state index is 0.0866. The van der Waals surface area contributed by atoms with Gasteiger partial charge in [-0.1, -0.05) is 35.9 Å². The molecule has 36 heavy (non-hydrogen) atoms. The lowest BCUT2D eigenvalue weighted by Crippen LogP contribution is -2.49. The van der Waals surface area contributed by atoms with Gasteiger partial charge in [-0.25, -0.2) is 4.98 Å². The van der Waals surface area contributed by atoms with Crippen LogP contribution in [0.5, 0.6) is 0 Å². The van der Waals surface area contributed by atoms with Gasteiger partial charge in [-0.05, 0) is 54.4 Å². The molecule has 3 heterocycles. The number of pyridine rings is 1. The van der Waals surface area contributed by atoms with Crippen LogP contribution in [-0.2, 0) is 4.79 Å². The number of hydrogen-bond acceptors (Lipinski definition) is 4. The average Bonchev–Trinajstić information content (AvgIpc) is 3.32. The van der Waals surface area contributed by atoms with Gasteiger partial charge in [0.25, 0.3) is 0 Å². The van der Waals surface area contributed by atoms with Crippen LogP contribution in [0.25, 0.3) is 5.65 Å². The van der Waals surface area contributed by atoms with E-state index in [0.717, 1.165) is 52.0 Å². The summed E-state index contributed by atoms with van der Waals surface area (Å²) in [6.45, 7) is 5.05. The van der Waals surface area contributed by atoms with Crippen LogP contribution in [0.4, 0.5) is 11.4 Å². The van der Waals surface area contributed by atoms with E-state index in [0.29, 0.717) is 19.5 Å². The van der Waals surface area contributed by atoms with Crippen molar-refractivity contribution in [2.24, 2.45) is 0 Å². The fourth-order valence-electron chi connectivity index (χ4n) is 5.02. The maximum Gasteiger partial charge on any atom is 0.223 e. The van der Waals surface area contributed by atoms with Crippen molar-refractivity contribution >= 4 is 34.5 Å². The lowest BCUT2D eigenvalue weighted by molar-refractivity contribution is -0.131. The number of fused-ring (bicyclic) bond motifs is 1. The third-order valence-electron chi connectivity index (χ3n) is 7.11. The zero-order valence-corrected chi connectivity index (χ0v) is 21.8. The van der Waals surface area contributed by atoms with Gasteiger partial charge in [-0.3, -0.25) is 4.79 Å². The second-order valence-corrected chi connectivity index (χ2v) is 10.1. The number of carbonyl (C=O) groups is 1. The highest BCUT2D eigenvalue weighted by Crippen LogP contribution is 2.31. The third kappa shape index (κ3) is 4.91. The van der Waals surface area contributed by atoms with Gasteiger partial charge in [0.15, 0.2) is 0 Å². The first-order chi connectivity index (χ1) is 17.4. The molecule has 6 nitrogen and oxygen atoms in total. The molecule has 0 radical (unpaired) electrons. The minimum Gasteiger partial charge on any atom is -0.378 e. The monoisotopic (exact) mass is 501 g/mol. The van der Waals surface area contributed by atoms with Crippen molar-refractivity contribution in [1.82, 2.24) is 14.3 Å². The molecule has 0 bridgehead atoms. The highest BCUT2D eigenvalue weighted by molar-refractivity contribution is 6.30. The second kappa shape index (κ2) is 10.2. The Balaban J connectivity index is 1.38. The molecule has 1 aliphatic rings. The van der Waals surface area contributed by atoms with Crippen LogP contribution in [0.3, 0.4) is 0 Å². The number of imidazole rings is 1. The van der Waals surface area contributed by atoms with Crippen LogP contribution >= 0.6 is 11.6 Å². The number of nitrogens with zero attached hydrogens (tertiary/aromatic N) is 5. The number of anilines is 2. The molecule has 0 aliphatic carbocycles. The molecule has 1 unspecified atom stereocenters. The Kier molecular flexibility index (Phi) is 6.88. The summed E-state index contributed by atoms with van der Waals surface area (Å²) >= 11 is 6.18. The van der Waals surface area contributed by atoms with Crippen LogP contribution in [0, 0.1) is 6.92 Å². The van der Waals surface area contributed by atoms with Gasteiger partial charge in [0.1, 0.15) is 5.65 Å². The number of aryl methyl sites for hydroxylation is 1. The molecule has 0 spiro atoms. The Hall–Kier alpha value is -3.51. The number of carbonyl (C=O) groups excluding carboxylic acids is 1. The molecule has 186 valence electrons. The minimum atomic E-state index is -0.0866. The zero-order valence-electron chi connectivity index (χ0n) is 21.1. The van der Waals surface area contributed by atoms with Crippen molar-refractivity contribution in [2.45, 2.75) is 19.3 Å². The molecule has 1 saturated heterocycles. The third-order valence-corrected chi connectivity index (χ3v) is 7.35. The first-order valence-corrected chi connectivity index (χ1v) is 12.8. The molecule has 1 amide bonds. The predicted octanol–water partition coefficient (Wildman–Crippen LogP) is 5.23. The second-order valence-electron chi connectivity index (χ2n) is 9.66. The maximum atomic E-state index is 13.6. The Morgan fingerprint density at radius 1 is 1.03 bits per heavy atom. The molecule has 1 aliphatic heterocycles. The van der Waals surface area contributed by atoms with Gasteiger partial charge in [0.2, 0.25) is 5.91 Å². The van der Waals surface area contributed by atoms with Crippen molar-refractivity contribution in [2.75, 3.05) is 50.1 Å². The van der Waals surface area contributed by atoms with Crippen LogP contribution in [0.15, 0.2) is 73.1 Å². The van der Waals surface area contributed by atoms with Gasteiger partial charge in [-0.2, -0.15) is 0 Å². The highest BCUT2D eigenvalue weighted by atomic mass is 35.5. The summed E-state index contributed by atoms with van der Waals surface area (Å²) < 4.78 is 2.13. The largest absolute Gasteiger partial charge is 0.378 e. The fraction of sp³-hybridized carbons (Fsp3) is 0.310. The van der Waals surface area contributed by atoms with Crippen molar-refractivity contribution in [3.63, 3.8) is 0 Å². The first kappa shape index (κ1) is 24.2. The topological polar surface area (TPSA) is 44.1 Å². The van der Waals surface area contributed by atoms with Crippen molar-refractivity contribution in [3.8, 4) is 0 Å². The first-order valence-electron chi connectivity index (χ1n) is 12.4. The SMILES string of the molecule is Cc1cccn2c(C(CC(=O)N3CCN(c4cccc(Cl)c4)CC3)c3ccc(N(C)C)cc3)cnc12. The van der Waals surface area contributed by atoms with E-state index in [1.165, 1.54) is 0 Å². The number of piperazine rings is 1. The molecular formula is C29H32ClN5O. The standard InChI is InChI=1S/C29H32ClN5O/c1-21-6-5-13-35-27(20-31-29(21)35)26(22-9-11-24(12-10-22)32(2)3)19-28(36)34-16-14-33(15-17-34)25-8-4-7-23(30)18-25/h4-13,18,20,26H,14-17,19H2,1-3H3. The van der Waals surface area contributed by atoms with E-state index in [-0.39, 0.29) is 11.8 Å². The lowest BCUT2D eigenvalue weighted by atomic mass is 9.91. The Labute approximate surface area is 217 Å². The lowest BCUT2D eigenvalue weighted by Gasteiger charge is -2.36. The summed E-state index contributed by atoms with van der Waals surface area (Å²) in [4.78, 5) is 24.7. The summed E-state index contributed by atoms with van der Waals surface area (Å²) in [6.07, 6.45) is 4.37. The van der Waals surface area contributed by atoms with Gasteiger partial charge >= 0.3 is 0 Å². The van der Waals surface area contributed by atoms with Crippen LogP contribution < -0.4 is 9.80 Å². The van der Waals surface area contributed by atoms with E-state index in [2.05, 4.69) is 57.5 Å². The average molecular weight is 502 g/mol. The number of halogens is 1. The molecule has 1 fully saturated rings. The van der Waals surface area contributed by atoms with Crippen LogP contribution in [0.2, 0.25) is 5.02 Å². The van der Waals surface area contributed by atoms with Crippen molar-refractivity contribution in [1.29, 1.82) is 0 Å². The van der Waals surface area contributed by atoms with E-state index in [9.17, 15) is 4.79 Å². The molecule has 5 rings (SSSR count). The number of amides is 1. The number of rotatable bonds is 6. The highest BCUT2D eigenvalue weighted by Gasteiger charge is 2.27. The Morgan fingerprint density at radius 2 is 1.78 bits per heavy atom. The van der Waals surface area contributed by atoms with Gasteiger partial charge in [0.05, 0.1) is 5.69 Å². The number of hydrogen-bond donors (Lipinski definition) is 0. The summed E-state index contributed by atoms with van der Waals surface area (Å²) in [5, 5.41) is 0.734. The van der Waals surface area contributed by atoms with Crippen LogP contribution in [0.1, 0.15) is 29.2 Å². The van der Waals surface area contributed by atoms with E-state index in [1.807, 2.05) is 55.7 Å². The molecule has 0 N–H and O–H groups in total. The van der Waals surface area contributed by atoms with Crippen LogP contribution in [-0.4, -0.2) is 60.5 Å². The van der Waals surface area contributed by atoms with Gasteiger partial charge in [-0.15, -0.1) is 0 Å². The summed E-state index contributed by atoms with van der Waals surface area (Å²) in [5.41, 5.74) is 6.45. The molecule has 4 aromatic rings. The smallest absolute Gasteiger partial charge is 0.223 e. The van der Waals surface area contributed by atoms with E-state index in [4.69, 9.17) is 16.6 Å². The Morgan fingerprint density at radius 3 is 2.47 bits per heavy atom. The fourth-order valence-corrected chi connectivity index (χ4v) is 5.20. The van der Waals surface area contributed by atoms with E-state index >= 15 is 0 Å². The van der Waals surface area contributed by atoms with Gasteiger partial charge in [0, 0.05) is 81.4 Å². The molecule has 1 atom stereocenters. The maximum absolute atomic E-state index is 13.6. The molecule has 0 saturated carbocycles. The molecular weight excluding hydrogens is 470 g/mol. The zero-order chi connectivity index (χ0) is 25.2. The van der Waals surface area contributed by atoms with E-state index < -0.39 is 0 Å².